The second-order valence-electron chi connectivity index (χ2n) is 8.97. The van der Waals surface area contributed by atoms with E-state index in [-0.39, 0.29) is 0 Å². The molecule has 6 nitrogen and oxygen atoms in total. The highest BCUT2D eigenvalue weighted by molar-refractivity contribution is 5.67. The third kappa shape index (κ3) is 6.33. The zero-order chi connectivity index (χ0) is 21.3. The van der Waals surface area contributed by atoms with E-state index >= 15 is 0 Å². The van der Waals surface area contributed by atoms with Crippen LogP contribution in [0.3, 0.4) is 0 Å². The van der Waals surface area contributed by atoms with E-state index in [1.54, 1.807) is 0 Å². The summed E-state index contributed by atoms with van der Waals surface area (Å²) in [5.41, 5.74) is 14.3. The second kappa shape index (κ2) is 11.9. The van der Waals surface area contributed by atoms with Crippen LogP contribution < -0.4 is 16.4 Å². The van der Waals surface area contributed by atoms with Gasteiger partial charge in [-0.1, -0.05) is 38.8 Å². The van der Waals surface area contributed by atoms with Gasteiger partial charge in [0.1, 0.15) is 0 Å². The van der Waals surface area contributed by atoms with Crippen LogP contribution in [0.4, 0.5) is 11.4 Å². The molecular weight excluding hydrogens is 372 g/mol. The molecule has 0 bridgehead atoms. The Balaban J connectivity index is 0.000000171. The lowest BCUT2D eigenvalue weighted by Gasteiger charge is -2.43. The summed E-state index contributed by atoms with van der Waals surface area (Å²) >= 11 is 0. The van der Waals surface area contributed by atoms with Crippen LogP contribution in [0.15, 0.2) is 24.3 Å². The Hall–Kier alpha value is -1.34. The Bertz CT molecular complexity index is 607. The molecule has 3 aliphatic rings. The zero-order valence-electron chi connectivity index (χ0n) is 19.3. The van der Waals surface area contributed by atoms with Gasteiger partial charge >= 0.3 is 0 Å². The Kier molecular flexibility index (Phi) is 9.25. The summed E-state index contributed by atoms with van der Waals surface area (Å²) in [6, 6.07) is 9.24. The van der Waals surface area contributed by atoms with E-state index in [4.69, 9.17) is 11.5 Å². The number of rotatable bonds is 4. The highest BCUT2D eigenvalue weighted by atomic mass is 15.3. The molecule has 1 saturated carbocycles. The zero-order valence-corrected chi connectivity index (χ0v) is 19.3. The molecule has 2 aliphatic heterocycles. The Labute approximate surface area is 184 Å². The first kappa shape index (κ1) is 23.3. The number of nitrogens with zero attached hydrogens (tertiary/aromatic N) is 4. The fourth-order valence-corrected chi connectivity index (χ4v) is 5.09. The summed E-state index contributed by atoms with van der Waals surface area (Å²) in [5.74, 6) is 0. The van der Waals surface area contributed by atoms with Crippen LogP contribution in [0.1, 0.15) is 39.5 Å². The van der Waals surface area contributed by atoms with E-state index in [0.717, 1.165) is 38.4 Å². The minimum atomic E-state index is 0.437. The van der Waals surface area contributed by atoms with Gasteiger partial charge in [-0.3, -0.25) is 4.90 Å². The molecule has 1 aliphatic carbocycles. The fraction of sp³-hybridized carbons (Fsp3) is 0.750. The summed E-state index contributed by atoms with van der Waals surface area (Å²) in [5, 5.41) is 0. The number of benzene rings is 1. The summed E-state index contributed by atoms with van der Waals surface area (Å²) in [4.78, 5) is 10.0. The molecule has 2 heterocycles. The maximum Gasteiger partial charge on any atom is 0.0600 e. The second-order valence-corrected chi connectivity index (χ2v) is 8.97. The van der Waals surface area contributed by atoms with Crippen molar-refractivity contribution in [3.05, 3.63) is 24.3 Å². The number of hydrogen-bond donors (Lipinski definition) is 2. The monoisotopic (exact) mass is 416 g/mol. The SMILES string of the molecule is CCN1CCN([C@H]2CCCC[C@H]2N)CC1.CCN1CCN(c2ccccc2N)CC1. The van der Waals surface area contributed by atoms with Gasteiger partial charge in [-0.25, -0.2) is 0 Å². The highest BCUT2D eigenvalue weighted by Crippen LogP contribution is 2.24. The van der Waals surface area contributed by atoms with E-state index in [1.807, 2.05) is 12.1 Å². The normalized spacial score (nSPS) is 26.8. The van der Waals surface area contributed by atoms with Crippen molar-refractivity contribution >= 4 is 11.4 Å². The third-order valence-electron chi connectivity index (χ3n) is 7.20. The van der Waals surface area contributed by atoms with Crippen LogP contribution in [0.2, 0.25) is 0 Å². The third-order valence-corrected chi connectivity index (χ3v) is 7.20. The van der Waals surface area contributed by atoms with Gasteiger partial charge in [-0.2, -0.15) is 0 Å². The first-order chi connectivity index (χ1) is 14.6. The van der Waals surface area contributed by atoms with Crippen LogP contribution in [-0.2, 0) is 0 Å². The fourth-order valence-electron chi connectivity index (χ4n) is 5.09. The average molecular weight is 417 g/mol. The number of nitrogens with two attached hydrogens (primary N) is 2. The number of nitrogen functional groups attached to an aromatic ring is 1. The summed E-state index contributed by atoms with van der Waals surface area (Å²) in [6.07, 6.45) is 5.28. The molecule has 30 heavy (non-hydrogen) atoms. The van der Waals surface area contributed by atoms with Crippen molar-refractivity contribution in [3.63, 3.8) is 0 Å². The molecule has 4 rings (SSSR count). The number of anilines is 2. The minimum absolute atomic E-state index is 0.437. The standard InChI is InChI=1S/C12H25N3.C12H19N3/c2*1-2-14-7-9-15(10-8-14)12-6-4-3-5-11(12)13/h11-12H,2-10,13H2,1H3;3-6H,2,7-10,13H2,1H3/t11-,12+;/m1./s1. The van der Waals surface area contributed by atoms with Crippen molar-refractivity contribution in [2.45, 2.75) is 51.6 Å². The van der Waals surface area contributed by atoms with E-state index in [0.29, 0.717) is 12.1 Å². The molecule has 0 radical (unpaired) electrons. The quantitative estimate of drug-likeness (QED) is 0.735. The van der Waals surface area contributed by atoms with E-state index in [9.17, 15) is 0 Å². The molecular formula is C24H44N6. The van der Waals surface area contributed by atoms with Crippen molar-refractivity contribution in [2.24, 2.45) is 5.73 Å². The van der Waals surface area contributed by atoms with Gasteiger partial charge < -0.3 is 26.2 Å². The molecule has 170 valence electrons. The summed E-state index contributed by atoms with van der Waals surface area (Å²) in [6.45, 7) is 16.2. The lowest BCUT2D eigenvalue weighted by molar-refractivity contribution is 0.0719. The van der Waals surface area contributed by atoms with Crippen LogP contribution >= 0.6 is 0 Å². The van der Waals surface area contributed by atoms with Gasteiger partial charge in [-0.15, -0.1) is 0 Å². The molecule has 0 aromatic heterocycles. The molecule has 2 atom stereocenters. The maximum atomic E-state index is 6.22. The number of para-hydroxylation sites is 2. The van der Waals surface area contributed by atoms with Crippen molar-refractivity contribution in [1.29, 1.82) is 0 Å². The Morgan fingerprint density at radius 1 is 0.800 bits per heavy atom. The molecule has 1 aromatic carbocycles. The number of piperazine rings is 2. The van der Waals surface area contributed by atoms with Crippen LogP contribution in [0.25, 0.3) is 0 Å². The Morgan fingerprint density at radius 3 is 1.93 bits per heavy atom. The Morgan fingerprint density at radius 2 is 1.37 bits per heavy atom. The van der Waals surface area contributed by atoms with Crippen LogP contribution in [0, 0.1) is 0 Å². The maximum absolute atomic E-state index is 6.22. The van der Waals surface area contributed by atoms with Gasteiger partial charge in [0.15, 0.2) is 0 Å². The van der Waals surface area contributed by atoms with Gasteiger partial charge in [0.25, 0.3) is 0 Å². The average Bonchev–Trinajstić information content (AvgIpc) is 2.80. The van der Waals surface area contributed by atoms with Gasteiger partial charge in [-0.05, 0) is 38.1 Å². The van der Waals surface area contributed by atoms with Gasteiger partial charge in [0.05, 0.1) is 11.4 Å². The molecule has 0 spiro atoms. The molecule has 2 saturated heterocycles. The van der Waals surface area contributed by atoms with Crippen molar-refractivity contribution in [3.8, 4) is 0 Å². The molecule has 0 amide bonds. The van der Waals surface area contributed by atoms with E-state index in [1.165, 1.54) is 64.1 Å². The van der Waals surface area contributed by atoms with Crippen LogP contribution in [0.5, 0.6) is 0 Å². The van der Waals surface area contributed by atoms with E-state index < -0.39 is 0 Å². The molecule has 6 heteroatoms. The van der Waals surface area contributed by atoms with Crippen LogP contribution in [-0.4, -0.2) is 92.2 Å². The predicted octanol–water partition coefficient (Wildman–Crippen LogP) is 2.30. The largest absolute Gasteiger partial charge is 0.397 e. The van der Waals surface area contributed by atoms with Gasteiger partial charge in [0.2, 0.25) is 0 Å². The number of likely N-dealkylation sites (N-methyl/N-ethyl adjacent to an activating group) is 2. The first-order valence-corrected chi connectivity index (χ1v) is 12.2. The van der Waals surface area contributed by atoms with Crippen molar-refractivity contribution in [1.82, 2.24) is 14.7 Å². The van der Waals surface area contributed by atoms with Crippen molar-refractivity contribution in [2.75, 3.05) is 76.1 Å². The predicted molar refractivity (Wildman–Crippen MR) is 129 cm³/mol. The number of hydrogen-bond acceptors (Lipinski definition) is 6. The first-order valence-electron chi connectivity index (χ1n) is 12.2. The molecule has 0 unspecified atom stereocenters. The topological polar surface area (TPSA) is 65.0 Å². The molecule has 3 fully saturated rings. The lowest BCUT2D eigenvalue weighted by atomic mass is 9.89. The smallest absolute Gasteiger partial charge is 0.0600 e. The molecule has 4 N–H and O–H groups in total. The highest BCUT2D eigenvalue weighted by Gasteiger charge is 2.29. The van der Waals surface area contributed by atoms with Crippen molar-refractivity contribution < 1.29 is 0 Å². The lowest BCUT2D eigenvalue weighted by Crippen LogP contribution is -2.56. The minimum Gasteiger partial charge on any atom is -0.397 e. The van der Waals surface area contributed by atoms with Gasteiger partial charge in [0, 0.05) is 64.4 Å². The summed E-state index contributed by atoms with van der Waals surface area (Å²) in [7, 11) is 0. The van der Waals surface area contributed by atoms with E-state index in [2.05, 4.69) is 45.6 Å². The summed E-state index contributed by atoms with van der Waals surface area (Å²) < 4.78 is 0. The molecule has 1 aromatic rings.